The fourth-order valence-electron chi connectivity index (χ4n) is 1.54. The monoisotopic (exact) mass is 212 g/mol. The molecule has 4 nitrogen and oxygen atoms in total. The Kier molecular flexibility index (Phi) is 2.19. The van der Waals surface area contributed by atoms with Gasteiger partial charge in [-0.05, 0) is 13.0 Å². The molecule has 2 rings (SSSR count). The number of pyridine rings is 1. The van der Waals surface area contributed by atoms with Gasteiger partial charge in [-0.2, -0.15) is 0 Å². The zero-order valence-electron chi connectivity index (χ0n) is 8.19. The van der Waals surface area contributed by atoms with E-state index < -0.39 is 9.73 Å². The van der Waals surface area contributed by atoms with Crippen molar-refractivity contribution in [3.63, 3.8) is 0 Å². The Morgan fingerprint density at radius 3 is 3.14 bits per heavy atom. The molecule has 2 heterocycles. The first kappa shape index (κ1) is 9.45. The van der Waals surface area contributed by atoms with Crippen LogP contribution < -0.4 is 4.74 Å². The van der Waals surface area contributed by atoms with E-state index in [2.05, 4.69) is 9.35 Å². The van der Waals surface area contributed by atoms with Crippen LogP contribution in [0.2, 0.25) is 0 Å². The summed E-state index contributed by atoms with van der Waals surface area (Å²) in [6, 6.07) is 1.74. The van der Waals surface area contributed by atoms with Gasteiger partial charge in [0.25, 0.3) is 0 Å². The van der Waals surface area contributed by atoms with E-state index in [0.717, 1.165) is 5.69 Å². The third kappa shape index (κ3) is 1.48. The van der Waals surface area contributed by atoms with Crippen LogP contribution in [0.15, 0.2) is 21.5 Å². The van der Waals surface area contributed by atoms with Crippen LogP contribution in [0.4, 0.5) is 0 Å². The molecule has 1 aliphatic heterocycles. The van der Waals surface area contributed by atoms with Gasteiger partial charge in [0.15, 0.2) is 0 Å². The van der Waals surface area contributed by atoms with Gasteiger partial charge in [-0.15, -0.1) is 0 Å². The van der Waals surface area contributed by atoms with E-state index in [1.54, 1.807) is 18.5 Å². The minimum absolute atomic E-state index is 0.476. The summed E-state index contributed by atoms with van der Waals surface area (Å²) in [4.78, 5) is 4.76. The maximum absolute atomic E-state index is 12.2. The first-order valence-corrected chi connectivity index (χ1v) is 6.30. The van der Waals surface area contributed by atoms with E-state index in [4.69, 9.17) is 4.74 Å². The molecule has 0 radical (unpaired) electrons. The lowest BCUT2D eigenvalue weighted by atomic mass is 10.3. The van der Waals surface area contributed by atoms with Crippen LogP contribution in [0, 0.1) is 6.92 Å². The van der Waals surface area contributed by atoms with Crippen LogP contribution in [-0.4, -0.2) is 28.6 Å². The van der Waals surface area contributed by atoms with E-state index in [9.17, 15) is 4.21 Å². The summed E-state index contributed by atoms with van der Waals surface area (Å²) in [5, 5.41) is 0. The summed E-state index contributed by atoms with van der Waals surface area (Å²) in [5.74, 6) is 0.659. The second kappa shape index (κ2) is 3.24. The van der Waals surface area contributed by atoms with Gasteiger partial charge in [0.05, 0.1) is 22.0 Å². The third-order valence-electron chi connectivity index (χ3n) is 2.11. The highest BCUT2D eigenvalue weighted by Gasteiger charge is 2.19. The molecule has 0 amide bonds. The van der Waals surface area contributed by atoms with Crippen molar-refractivity contribution in [1.82, 2.24) is 4.98 Å². The average Bonchev–Trinajstić information content (AvgIpc) is 2.25. The summed E-state index contributed by atoms with van der Waals surface area (Å²) in [5.41, 5.74) is 0.737. The van der Waals surface area contributed by atoms with Gasteiger partial charge in [0.2, 0.25) is 0 Å². The molecule has 0 aromatic carbocycles. The van der Waals surface area contributed by atoms with Gasteiger partial charge in [0, 0.05) is 12.5 Å². The summed E-state index contributed by atoms with van der Waals surface area (Å²) < 4.78 is 21.8. The normalized spacial score (nSPS) is 25.6. The van der Waals surface area contributed by atoms with Gasteiger partial charge in [-0.25, -0.2) is 8.57 Å². The van der Waals surface area contributed by atoms with E-state index in [1.807, 2.05) is 6.92 Å². The van der Waals surface area contributed by atoms with Crippen molar-refractivity contribution in [2.24, 2.45) is 4.36 Å². The molecule has 1 aromatic heterocycles. The average molecular weight is 212 g/mol. The molecule has 0 N–H and O–H groups in total. The molecule has 14 heavy (non-hydrogen) atoms. The van der Waals surface area contributed by atoms with Crippen molar-refractivity contribution in [1.29, 1.82) is 0 Å². The van der Waals surface area contributed by atoms with Gasteiger partial charge >= 0.3 is 0 Å². The molecule has 0 aliphatic carbocycles. The topological polar surface area (TPSA) is 51.5 Å². The maximum Gasteiger partial charge on any atom is 0.139 e. The highest BCUT2D eigenvalue weighted by molar-refractivity contribution is 7.93. The number of nitrogens with zero attached hydrogens (tertiary/aromatic N) is 2. The number of ether oxygens (including phenoxy) is 1. The zero-order chi connectivity index (χ0) is 10.2. The number of aryl methyl sites for hydroxylation is 1. The standard InChI is InChI=1S/C9H12N2O2S/c1-7-9-8(3-4-10-7)13-6-5-11-14(9,2)12/h3-4H,5-6H2,1-2H3. The van der Waals surface area contributed by atoms with Crippen molar-refractivity contribution >= 4 is 9.73 Å². The van der Waals surface area contributed by atoms with Crippen LogP contribution in [0.3, 0.4) is 0 Å². The molecule has 0 bridgehead atoms. The van der Waals surface area contributed by atoms with Crippen molar-refractivity contribution in [2.75, 3.05) is 19.4 Å². The van der Waals surface area contributed by atoms with Crippen LogP contribution in [0.25, 0.3) is 0 Å². The molecular formula is C9H12N2O2S. The summed E-state index contributed by atoms with van der Waals surface area (Å²) in [6.07, 6.45) is 3.30. The van der Waals surface area contributed by atoms with Crippen LogP contribution >= 0.6 is 0 Å². The van der Waals surface area contributed by atoms with Crippen molar-refractivity contribution < 1.29 is 8.95 Å². The van der Waals surface area contributed by atoms with E-state index >= 15 is 0 Å². The van der Waals surface area contributed by atoms with Gasteiger partial charge < -0.3 is 4.74 Å². The number of hydrogen-bond acceptors (Lipinski definition) is 4. The molecule has 1 aliphatic rings. The fraction of sp³-hybridized carbons (Fsp3) is 0.444. The Bertz CT molecular complexity index is 476. The second-order valence-electron chi connectivity index (χ2n) is 3.23. The molecule has 1 aromatic rings. The van der Waals surface area contributed by atoms with Crippen molar-refractivity contribution in [3.8, 4) is 5.75 Å². The van der Waals surface area contributed by atoms with Gasteiger partial charge in [-0.3, -0.25) is 4.98 Å². The third-order valence-corrected chi connectivity index (χ3v) is 4.04. The summed E-state index contributed by atoms with van der Waals surface area (Å²) >= 11 is 0. The van der Waals surface area contributed by atoms with Gasteiger partial charge in [0.1, 0.15) is 17.3 Å². The molecule has 0 fully saturated rings. The second-order valence-corrected chi connectivity index (χ2v) is 5.50. The zero-order valence-corrected chi connectivity index (χ0v) is 9.00. The van der Waals surface area contributed by atoms with E-state index in [0.29, 0.717) is 23.8 Å². The van der Waals surface area contributed by atoms with E-state index in [-0.39, 0.29) is 0 Å². The fourth-order valence-corrected chi connectivity index (χ4v) is 3.19. The SMILES string of the molecule is Cc1nccc2c1S(C)(=O)=NCCO2. The predicted molar refractivity (Wildman–Crippen MR) is 54.1 cm³/mol. The summed E-state index contributed by atoms with van der Waals surface area (Å²) in [6.45, 7) is 2.79. The number of aromatic nitrogens is 1. The molecule has 1 unspecified atom stereocenters. The number of hydrogen-bond donors (Lipinski definition) is 0. The predicted octanol–water partition coefficient (Wildman–Crippen LogP) is 1.24. The minimum atomic E-state index is -2.32. The van der Waals surface area contributed by atoms with Gasteiger partial charge in [-0.1, -0.05) is 0 Å². The molecule has 1 atom stereocenters. The first-order chi connectivity index (χ1) is 6.61. The molecule has 5 heteroatoms. The quantitative estimate of drug-likeness (QED) is 0.650. The highest BCUT2D eigenvalue weighted by Crippen LogP contribution is 2.28. The Morgan fingerprint density at radius 1 is 1.57 bits per heavy atom. The highest BCUT2D eigenvalue weighted by atomic mass is 32.2. The Labute approximate surface area is 83.5 Å². The van der Waals surface area contributed by atoms with Crippen molar-refractivity contribution in [2.45, 2.75) is 11.8 Å². The Morgan fingerprint density at radius 2 is 2.36 bits per heavy atom. The first-order valence-electron chi connectivity index (χ1n) is 4.37. The largest absolute Gasteiger partial charge is 0.490 e. The molecule has 76 valence electrons. The molecule has 0 saturated heterocycles. The Balaban J connectivity index is 2.77. The maximum atomic E-state index is 12.2. The van der Waals surface area contributed by atoms with Crippen LogP contribution in [0.1, 0.15) is 5.69 Å². The lowest BCUT2D eigenvalue weighted by Gasteiger charge is -2.09. The summed E-state index contributed by atoms with van der Waals surface area (Å²) in [7, 11) is -2.32. The molecular weight excluding hydrogens is 200 g/mol. The van der Waals surface area contributed by atoms with Crippen LogP contribution in [-0.2, 0) is 9.73 Å². The Hall–Kier alpha value is -1.10. The lowest BCUT2D eigenvalue weighted by molar-refractivity contribution is 0.323. The number of rotatable bonds is 0. The van der Waals surface area contributed by atoms with Crippen molar-refractivity contribution in [3.05, 3.63) is 18.0 Å². The smallest absolute Gasteiger partial charge is 0.139 e. The molecule has 0 saturated carbocycles. The minimum Gasteiger partial charge on any atom is -0.490 e. The van der Waals surface area contributed by atoms with Crippen LogP contribution in [0.5, 0.6) is 5.75 Å². The molecule has 0 spiro atoms. The van der Waals surface area contributed by atoms with E-state index in [1.165, 1.54) is 0 Å². The number of fused-ring (bicyclic) bond motifs is 1. The lowest BCUT2D eigenvalue weighted by Crippen LogP contribution is -2.02.